The molecule has 0 aromatic heterocycles. The van der Waals surface area contributed by atoms with Crippen LogP contribution >= 0.6 is 0 Å². The van der Waals surface area contributed by atoms with Crippen LogP contribution in [0.4, 0.5) is 0 Å². The quantitative estimate of drug-likeness (QED) is 0.562. The van der Waals surface area contributed by atoms with E-state index in [1.807, 2.05) is 106 Å². The molecular weight excluding hydrogens is 384 g/mol. The number of carbonyl (C=O) groups is 2. The molecule has 2 amide bonds. The zero-order valence-electron chi connectivity index (χ0n) is 18.4. The van der Waals surface area contributed by atoms with Gasteiger partial charge in [-0.3, -0.25) is 9.59 Å². The van der Waals surface area contributed by atoms with Gasteiger partial charge in [0, 0.05) is 19.0 Å². The molecule has 0 unspecified atom stereocenters. The summed E-state index contributed by atoms with van der Waals surface area (Å²) in [5.74, 6) is -0.459. The molecule has 0 spiro atoms. The highest BCUT2D eigenvalue weighted by atomic mass is 16.2. The molecule has 3 aromatic carbocycles. The van der Waals surface area contributed by atoms with Gasteiger partial charge in [0.15, 0.2) is 0 Å². The summed E-state index contributed by atoms with van der Waals surface area (Å²) in [5.41, 5.74) is 3.99. The Morgan fingerprint density at radius 1 is 0.806 bits per heavy atom. The SMILES string of the molecule is Cc1ccc(CNC(=O)[C@H](c2ccccc2)N(Cc2ccccc2)C(=O)C(C)C)cc1. The maximum atomic E-state index is 13.4. The Morgan fingerprint density at radius 3 is 1.97 bits per heavy atom. The third kappa shape index (κ3) is 6.05. The largest absolute Gasteiger partial charge is 0.350 e. The van der Waals surface area contributed by atoms with E-state index < -0.39 is 6.04 Å². The molecule has 0 bridgehead atoms. The summed E-state index contributed by atoms with van der Waals surface area (Å²) in [7, 11) is 0. The fourth-order valence-electron chi connectivity index (χ4n) is 3.51. The van der Waals surface area contributed by atoms with Crippen LogP contribution in [0.25, 0.3) is 0 Å². The van der Waals surface area contributed by atoms with Crippen LogP contribution in [-0.2, 0) is 22.7 Å². The highest BCUT2D eigenvalue weighted by molar-refractivity contribution is 5.89. The Labute approximate surface area is 184 Å². The molecule has 0 saturated carbocycles. The zero-order chi connectivity index (χ0) is 22.2. The van der Waals surface area contributed by atoms with E-state index in [-0.39, 0.29) is 17.7 Å². The summed E-state index contributed by atoms with van der Waals surface area (Å²) in [6.45, 7) is 6.55. The van der Waals surface area contributed by atoms with Crippen molar-refractivity contribution in [1.29, 1.82) is 0 Å². The van der Waals surface area contributed by atoms with E-state index in [1.165, 1.54) is 5.56 Å². The lowest BCUT2D eigenvalue weighted by atomic mass is 10.0. The van der Waals surface area contributed by atoms with Crippen molar-refractivity contribution in [3.63, 3.8) is 0 Å². The van der Waals surface area contributed by atoms with E-state index in [9.17, 15) is 9.59 Å². The number of carbonyl (C=O) groups excluding carboxylic acids is 2. The number of benzene rings is 3. The Bertz CT molecular complexity index is 983. The van der Waals surface area contributed by atoms with Gasteiger partial charge < -0.3 is 10.2 Å². The van der Waals surface area contributed by atoms with Gasteiger partial charge in [-0.2, -0.15) is 0 Å². The molecule has 1 atom stereocenters. The molecule has 0 fully saturated rings. The van der Waals surface area contributed by atoms with E-state index >= 15 is 0 Å². The van der Waals surface area contributed by atoms with Crippen molar-refractivity contribution in [2.45, 2.75) is 39.9 Å². The highest BCUT2D eigenvalue weighted by Crippen LogP contribution is 2.25. The lowest BCUT2D eigenvalue weighted by Crippen LogP contribution is -2.44. The van der Waals surface area contributed by atoms with Gasteiger partial charge in [0.2, 0.25) is 11.8 Å². The van der Waals surface area contributed by atoms with Crippen molar-refractivity contribution in [3.8, 4) is 0 Å². The maximum Gasteiger partial charge on any atom is 0.247 e. The Balaban J connectivity index is 1.91. The predicted octanol–water partition coefficient (Wildman–Crippen LogP) is 5.04. The van der Waals surface area contributed by atoms with Crippen LogP contribution in [-0.4, -0.2) is 16.7 Å². The Kier molecular flexibility index (Phi) is 7.60. The normalized spacial score (nSPS) is 11.7. The minimum atomic E-state index is -0.707. The molecule has 1 N–H and O–H groups in total. The van der Waals surface area contributed by atoms with E-state index in [0.29, 0.717) is 13.1 Å². The monoisotopic (exact) mass is 414 g/mol. The molecule has 4 heteroatoms. The fraction of sp³-hybridized carbons (Fsp3) is 0.259. The van der Waals surface area contributed by atoms with Crippen molar-refractivity contribution < 1.29 is 9.59 Å². The zero-order valence-corrected chi connectivity index (χ0v) is 18.4. The number of hydrogen-bond donors (Lipinski definition) is 1. The average Bonchev–Trinajstić information content (AvgIpc) is 2.79. The smallest absolute Gasteiger partial charge is 0.247 e. The molecule has 0 aliphatic rings. The molecule has 0 aliphatic carbocycles. The van der Waals surface area contributed by atoms with Crippen LogP contribution in [0.5, 0.6) is 0 Å². The van der Waals surface area contributed by atoms with Crippen LogP contribution in [0.2, 0.25) is 0 Å². The van der Waals surface area contributed by atoms with Gasteiger partial charge in [-0.15, -0.1) is 0 Å². The Hall–Kier alpha value is -3.40. The lowest BCUT2D eigenvalue weighted by molar-refractivity contribution is -0.144. The molecule has 0 saturated heterocycles. The van der Waals surface area contributed by atoms with Gasteiger partial charge in [0.05, 0.1) is 0 Å². The molecule has 3 rings (SSSR count). The molecule has 0 radical (unpaired) electrons. The average molecular weight is 415 g/mol. The fourth-order valence-corrected chi connectivity index (χ4v) is 3.51. The second-order valence-corrected chi connectivity index (χ2v) is 8.12. The number of amides is 2. The van der Waals surface area contributed by atoms with Gasteiger partial charge in [-0.1, -0.05) is 104 Å². The standard InChI is InChI=1S/C27H30N2O2/c1-20(2)27(31)29(19-23-10-6-4-7-11-23)25(24-12-8-5-9-13-24)26(30)28-18-22-16-14-21(3)15-17-22/h4-17,20,25H,18-19H2,1-3H3,(H,28,30)/t25-/m0/s1. The first-order valence-electron chi connectivity index (χ1n) is 10.7. The van der Waals surface area contributed by atoms with Gasteiger partial charge in [-0.25, -0.2) is 0 Å². The topological polar surface area (TPSA) is 49.4 Å². The summed E-state index contributed by atoms with van der Waals surface area (Å²) >= 11 is 0. The summed E-state index contributed by atoms with van der Waals surface area (Å²) in [4.78, 5) is 28.4. The molecule has 0 aliphatic heterocycles. The lowest BCUT2D eigenvalue weighted by Gasteiger charge is -2.33. The maximum absolute atomic E-state index is 13.4. The molecule has 31 heavy (non-hydrogen) atoms. The summed E-state index contributed by atoms with van der Waals surface area (Å²) in [6, 6.07) is 26.7. The summed E-state index contributed by atoms with van der Waals surface area (Å²) in [5, 5.41) is 3.04. The van der Waals surface area contributed by atoms with Gasteiger partial charge >= 0.3 is 0 Å². The first-order valence-corrected chi connectivity index (χ1v) is 10.7. The molecular formula is C27H30N2O2. The number of nitrogens with one attached hydrogen (secondary N) is 1. The number of hydrogen-bond acceptors (Lipinski definition) is 2. The summed E-state index contributed by atoms with van der Waals surface area (Å²) < 4.78 is 0. The van der Waals surface area contributed by atoms with Crippen LogP contribution < -0.4 is 5.32 Å². The van der Waals surface area contributed by atoms with Crippen molar-refractivity contribution in [2.24, 2.45) is 5.92 Å². The van der Waals surface area contributed by atoms with Gasteiger partial charge in [-0.05, 0) is 23.6 Å². The number of rotatable bonds is 8. The van der Waals surface area contributed by atoms with Crippen LogP contribution in [0.15, 0.2) is 84.9 Å². The van der Waals surface area contributed by atoms with E-state index in [4.69, 9.17) is 0 Å². The predicted molar refractivity (Wildman–Crippen MR) is 124 cm³/mol. The number of aryl methyl sites for hydroxylation is 1. The van der Waals surface area contributed by atoms with Gasteiger partial charge in [0.1, 0.15) is 6.04 Å². The van der Waals surface area contributed by atoms with Crippen LogP contribution in [0.1, 0.15) is 42.1 Å². The van der Waals surface area contributed by atoms with Crippen molar-refractivity contribution in [2.75, 3.05) is 0 Å². The van der Waals surface area contributed by atoms with Crippen molar-refractivity contribution in [1.82, 2.24) is 10.2 Å². The van der Waals surface area contributed by atoms with E-state index in [1.54, 1.807) is 4.90 Å². The first-order chi connectivity index (χ1) is 15.0. The molecule has 0 heterocycles. The molecule has 3 aromatic rings. The molecule has 4 nitrogen and oxygen atoms in total. The Morgan fingerprint density at radius 2 is 1.39 bits per heavy atom. The third-order valence-electron chi connectivity index (χ3n) is 5.24. The second kappa shape index (κ2) is 10.6. The van der Waals surface area contributed by atoms with Crippen LogP contribution in [0, 0.1) is 12.8 Å². The molecule has 160 valence electrons. The minimum absolute atomic E-state index is 0.0526. The van der Waals surface area contributed by atoms with Crippen molar-refractivity contribution >= 4 is 11.8 Å². The minimum Gasteiger partial charge on any atom is -0.350 e. The number of nitrogens with zero attached hydrogens (tertiary/aromatic N) is 1. The van der Waals surface area contributed by atoms with Crippen molar-refractivity contribution in [3.05, 3.63) is 107 Å². The van der Waals surface area contributed by atoms with E-state index in [2.05, 4.69) is 5.32 Å². The van der Waals surface area contributed by atoms with Gasteiger partial charge in [0.25, 0.3) is 0 Å². The van der Waals surface area contributed by atoms with Crippen LogP contribution in [0.3, 0.4) is 0 Å². The summed E-state index contributed by atoms with van der Waals surface area (Å²) in [6.07, 6.45) is 0. The second-order valence-electron chi connectivity index (χ2n) is 8.12. The first kappa shape index (κ1) is 22.3. The third-order valence-corrected chi connectivity index (χ3v) is 5.24. The van der Waals surface area contributed by atoms with E-state index in [0.717, 1.165) is 16.7 Å². The highest BCUT2D eigenvalue weighted by Gasteiger charge is 2.32.